The van der Waals surface area contributed by atoms with Crippen molar-refractivity contribution in [2.75, 3.05) is 0 Å². The van der Waals surface area contributed by atoms with Crippen molar-refractivity contribution in [2.24, 2.45) is 0 Å². The Morgan fingerprint density at radius 2 is 2.14 bits per heavy atom. The predicted molar refractivity (Wildman–Crippen MR) is 52.2 cm³/mol. The standard InChI is InChI=1S/C10H9NO2S/c1-2-10(6-7-10)14(12,13)9-5-3-4-8-11-9/h1,3-5,8H,6-7H2. The molecule has 0 aliphatic heterocycles. The van der Waals surface area contributed by atoms with Crippen LogP contribution < -0.4 is 0 Å². The van der Waals surface area contributed by atoms with Crippen LogP contribution in [0.1, 0.15) is 12.8 Å². The molecule has 1 heterocycles. The smallest absolute Gasteiger partial charge is 0.212 e. The lowest BCUT2D eigenvalue weighted by Gasteiger charge is -2.07. The molecule has 0 unspecified atom stereocenters. The first-order valence-corrected chi connectivity index (χ1v) is 5.74. The van der Waals surface area contributed by atoms with Gasteiger partial charge in [-0.25, -0.2) is 13.4 Å². The monoisotopic (exact) mass is 207 g/mol. The van der Waals surface area contributed by atoms with Gasteiger partial charge in [-0.3, -0.25) is 0 Å². The molecule has 1 fully saturated rings. The summed E-state index contributed by atoms with van der Waals surface area (Å²) in [6.45, 7) is 0. The van der Waals surface area contributed by atoms with Gasteiger partial charge in [0.1, 0.15) is 4.75 Å². The van der Waals surface area contributed by atoms with E-state index in [0.717, 1.165) is 0 Å². The molecule has 1 aliphatic rings. The van der Waals surface area contributed by atoms with Gasteiger partial charge in [-0.15, -0.1) is 6.42 Å². The first kappa shape index (κ1) is 9.22. The summed E-state index contributed by atoms with van der Waals surface area (Å²) in [5.41, 5.74) is 0. The van der Waals surface area contributed by atoms with E-state index < -0.39 is 14.6 Å². The Balaban J connectivity index is 2.51. The molecule has 0 atom stereocenters. The van der Waals surface area contributed by atoms with Gasteiger partial charge < -0.3 is 0 Å². The van der Waals surface area contributed by atoms with Crippen LogP contribution in [0.5, 0.6) is 0 Å². The Labute approximate surface area is 83.1 Å². The van der Waals surface area contributed by atoms with Crippen LogP contribution in [0.4, 0.5) is 0 Å². The highest BCUT2D eigenvalue weighted by Gasteiger charge is 2.54. The quantitative estimate of drug-likeness (QED) is 0.680. The molecule has 0 amide bonds. The fraction of sp³-hybridized carbons (Fsp3) is 0.300. The average Bonchev–Trinajstić information content (AvgIpc) is 3.00. The number of hydrogen-bond acceptors (Lipinski definition) is 3. The Hall–Kier alpha value is -1.34. The van der Waals surface area contributed by atoms with E-state index in [0.29, 0.717) is 12.8 Å². The summed E-state index contributed by atoms with van der Waals surface area (Å²) in [4.78, 5) is 3.82. The summed E-state index contributed by atoms with van der Waals surface area (Å²) in [6, 6.07) is 4.80. The highest BCUT2D eigenvalue weighted by atomic mass is 32.2. The average molecular weight is 207 g/mol. The van der Waals surface area contributed by atoms with Gasteiger partial charge in [0, 0.05) is 6.20 Å². The molecule has 72 valence electrons. The third kappa shape index (κ3) is 1.13. The second kappa shape index (κ2) is 2.82. The van der Waals surface area contributed by atoms with Crippen LogP contribution in [-0.2, 0) is 9.84 Å². The Bertz CT molecular complexity index is 481. The lowest BCUT2D eigenvalue weighted by molar-refractivity contribution is 0.585. The highest BCUT2D eigenvalue weighted by Crippen LogP contribution is 2.45. The second-order valence-electron chi connectivity index (χ2n) is 3.31. The SMILES string of the molecule is C#CC1(S(=O)(=O)c2ccccn2)CC1. The summed E-state index contributed by atoms with van der Waals surface area (Å²) in [5, 5.41) is 0.0791. The molecule has 0 radical (unpaired) electrons. The van der Waals surface area contributed by atoms with E-state index in [9.17, 15) is 8.42 Å². The molecule has 1 saturated carbocycles. The maximum Gasteiger partial charge on any atom is 0.212 e. The van der Waals surface area contributed by atoms with Gasteiger partial charge in [-0.1, -0.05) is 12.0 Å². The summed E-state index contributed by atoms with van der Waals surface area (Å²) >= 11 is 0. The zero-order valence-electron chi connectivity index (χ0n) is 7.47. The number of aromatic nitrogens is 1. The first-order valence-electron chi connectivity index (χ1n) is 4.26. The van der Waals surface area contributed by atoms with Gasteiger partial charge in [0.25, 0.3) is 0 Å². The summed E-state index contributed by atoms with van der Waals surface area (Å²) in [5.74, 6) is 2.36. The van der Waals surface area contributed by atoms with E-state index in [1.807, 2.05) is 0 Å². The number of pyridine rings is 1. The minimum atomic E-state index is -3.42. The van der Waals surface area contributed by atoms with Crippen molar-refractivity contribution >= 4 is 9.84 Å². The van der Waals surface area contributed by atoms with Crippen molar-refractivity contribution in [3.05, 3.63) is 24.4 Å². The molecule has 2 rings (SSSR count). The number of sulfone groups is 1. The van der Waals surface area contributed by atoms with Gasteiger partial charge in [-0.05, 0) is 25.0 Å². The molecule has 0 spiro atoms. The van der Waals surface area contributed by atoms with Gasteiger partial charge in [0.05, 0.1) is 0 Å². The molecule has 1 aromatic rings. The Morgan fingerprint density at radius 3 is 2.57 bits per heavy atom. The molecule has 4 heteroatoms. The minimum Gasteiger partial charge on any atom is -0.245 e. The van der Waals surface area contributed by atoms with Crippen molar-refractivity contribution in [2.45, 2.75) is 22.6 Å². The lowest BCUT2D eigenvalue weighted by Crippen LogP contribution is -2.22. The molecule has 0 bridgehead atoms. The Kier molecular flexibility index (Phi) is 1.86. The molecule has 0 N–H and O–H groups in total. The summed E-state index contributed by atoms with van der Waals surface area (Å²) in [7, 11) is -3.42. The maximum atomic E-state index is 11.9. The second-order valence-corrected chi connectivity index (χ2v) is 5.52. The molecule has 1 aromatic heterocycles. The van der Waals surface area contributed by atoms with Crippen LogP contribution in [0.15, 0.2) is 29.4 Å². The van der Waals surface area contributed by atoms with Crippen molar-refractivity contribution in [3.8, 4) is 12.3 Å². The van der Waals surface area contributed by atoms with E-state index in [1.54, 1.807) is 12.1 Å². The topological polar surface area (TPSA) is 47.0 Å². The molecule has 1 aliphatic carbocycles. The third-order valence-corrected chi connectivity index (χ3v) is 4.74. The normalized spacial score (nSPS) is 18.5. The molecule has 14 heavy (non-hydrogen) atoms. The number of nitrogens with zero attached hydrogens (tertiary/aromatic N) is 1. The maximum absolute atomic E-state index is 11.9. The van der Waals surface area contributed by atoms with Crippen molar-refractivity contribution in [1.82, 2.24) is 4.98 Å². The van der Waals surface area contributed by atoms with E-state index in [2.05, 4.69) is 10.9 Å². The van der Waals surface area contributed by atoms with E-state index >= 15 is 0 Å². The van der Waals surface area contributed by atoms with Crippen LogP contribution in [0.2, 0.25) is 0 Å². The summed E-state index contributed by atoms with van der Waals surface area (Å²) < 4.78 is 22.9. The summed E-state index contributed by atoms with van der Waals surface area (Å²) in [6.07, 6.45) is 7.78. The van der Waals surface area contributed by atoms with Crippen molar-refractivity contribution < 1.29 is 8.42 Å². The Morgan fingerprint density at radius 1 is 1.43 bits per heavy atom. The van der Waals surface area contributed by atoms with Crippen LogP contribution in [0.25, 0.3) is 0 Å². The van der Waals surface area contributed by atoms with E-state index in [-0.39, 0.29) is 5.03 Å². The lowest BCUT2D eigenvalue weighted by atomic mass is 10.4. The first-order chi connectivity index (χ1) is 6.62. The van der Waals surface area contributed by atoms with Crippen LogP contribution in [0, 0.1) is 12.3 Å². The molecule has 0 aromatic carbocycles. The van der Waals surface area contributed by atoms with Gasteiger partial charge in [0.15, 0.2) is 5.03 Å². The molecular formula is C10H9NO2S. The third-order valence-electron chi connectivity index (χ3n) is 2.39. The fourth-order valence-corrected chi connectivity index (χ4v) is 2.96. The van der Waals surface area contributed by atoms with Crippen LogP contribution >= 0.6 is 0 Å². The zero-order valence-corrected chi connectivity index (χ0v) is 8.29. The van der Waals surface area contributed by atoms with Crippen LogP contribution in [0.3, 0.4) is 0 Å². The number of hydrogen-bond donors (Lipinski definition) is 0. The number of rotatable bonds is 2. The predicted octanol–water partition coefficient (Wildman–Crippen LogP) is 1.02. The fourth-order valence-electron chi connectivity index (χ4n) is 1.31. The van der Waals surface area contributed by atoms with Gasteiger partial charge in [0.2, 0.25) is 9.84 Å². The van der Waals surface area contributed by atoms with E-state index in [4.69, 9.17) is 6.42 Å². The largest absolute Gasteiger partial charge is 0.245 e. The number of terminal acetylenes is 1. The van der Waals surface area contributed by atoms with Crippen molar-refractivity contribution in [3.63, 3.8) is 0 Å². The van der Waals surface area contributed by atoms with Crippen molar-refractivity contribution in [1.29, 1.82) is 0 Å². The minimum absolute atomic E-state index is 0.0791. The molecule has 3 nitrogen and oxygen atoms in total. The van der Waals surface area contributed by atoms with E-state index in [1.165, 1.54) is 12.3 Å². The highest BCUT2D eigenvalue weighted by molar-refractivity contribution is 7.93. The van der Waals surface area contributed by atoms with Gasteiger partial charge in [-0.2, -0.15) is 0 Å². The molecular weight excluding hydrogens is 198 g/mol. The zero-order chi connectivity index (χ0) is 10.2. The molecule has 0 saturated heterocycles. The van der Waals surface area contributed by atoms with Crippen LogP contribution in [-0.4, -0.2) is 18.1 Å². The van der Waals surface area contributed by atoms with Gasteiger partial charge >= 0.3 is 0 Å².